The molecule has 0 aliphatic heterocycles. The fourth-order valence-corrected chi connectivity index (χ4v) is 2.03. The molecule has 0 saturated carbocycles. The standard InChI is InChI=1S/C18H14N2.C3H5NO/c1-3-9-15(10-4-1)17-13-7-8-14-18(17)20-19-16-11-5-2-6-12-16;1-2-3(4)5/h1-14H;2H,1H2,(H2,4,5). The lowest BCUT2D eigenvalue weighted by molar-refractivity contribution is -0.113. The lowest BCUT2D eigenvalue weighted by Gasteiger charge is -2.04. The number of azo groups is 1. The van der Waals surface area contributed by atoms with Gasteiger partial charge in [-0.15, -0.1) is 5.11 Å². The van der Waals surface area contributed by atoms with Gasteiger partial charge in [-0.1, -0.05) is 73.3 Å². The molecule has 3 aromatic carbocycles. The maximum atomic E-state index is 9.47. The first-order valence-corrected chi connectivity index (χ1v) is 7.74. The minimum absolute atomic E-state index is 0.481. The number of primary amides is 1. The van der Waals surface area contributed by atoms with E-state index in [9.17, 15) is 4.79 Å². The maximum Gasteiger partial charge on any atom is 0.240 e. The largest absolute Gasteiger partial charge is 0.366 e. The van der Waals surface area contributed by atoms with Crippen LogP contribution in [-0.4, -0.2) is 5.91 Å². The van der Waals surface area contributed by atoms with Gasteiger partial charge in [-0.25, -0.2) is 0 Å². The van der Waals surface area contributed by atoms with Crippen LogP contribution in [0.15, 0.2) is 108 Å². The van der Waals surface area contributed by atoms with E-state index in [1.165, 1.54) is 0 Å². The van der Waals surface area contributed by atoms with E-state index in [2.05, 4.69) is 40.7 Å². The molecule has 2 N–H and O–H groups in total. The van der Waals surface area contributed by atoms with Gasteiger partial charge in [0, 0.05) is 5.56 Å². The lowest BCUT2D eigenvalue weighted by Crippen LogP contribution is -2.04. The van der Waals surface area contributed by atoms with Crippen molar-refractivity contribution < 1.29 is 4.79 Å². The molecule has 124 valence electrons. The highest BCUT2D eigenvalue weighted by Crippen LogP contribution is 2.30. The molecule has 0 unspecified atom stereocenters. The zero-order chi connectivity index (χ0) is 17.9. The van der Waals surface area contributed by atoms with E-state index in [0.29, 0.717) is 0 Å². The molecular formula is C21H19N3O. The topological polar surface area (TPSA) is 67.8 Å². The van der Waals surface area contributed by atoms with Crippen molar-refractivity contribution in [2.24, 2.45) is 16.0 Å². The van der Waals surface area contributed by atoms with Gasteiger partial charge >= 0.3 is 0 Å². The first-order chi connectivity index (χ1) is 12.2. The van der Waals surface area contributed by atoms with Crippen LogP contribution in [0.1, 0.15) is 0 Å². The molecule has 0 saturated heterocycles. The van der Waals surface area contributed by atoms with Crippen molar-refractivity contribution in [3.05, 3.63) is 97.6 Å². The van der Waals surface area contributed by atoms with Gasteiger partial charge in [0.2, 0.25) is 5.91 Å². The number of carbonyl (C=O) groups is 1. The van der Waals surface area contributed by atoms with E-state index >= 15 is 0 Å². The van der Waals surface area contributed by atoms with Gasteiger partial charge in [-0.3, -0.25) is 4.79 Å². The van der Waals surface area contributed by atoms with Gasteiger partial charge in [0.1, 0.15) is 0 Å². The summed E-state index contributed by atoms with van der Waals surface area (Å²) in [6, 6.07) is 28.0. The van der Waals surface area contributed by atoms with Crippen LogP contribution < -0.4 is 5.73 Å². The number of nitrogens with zero attached hydrogens (tertiary/aromatic N) is 2. The minimum Gasteiger partial charge on any atom is -0.366 e. The summed E-state index contributed by atoms with van der Waals surface area (Å²) in [7, 11) is 0. The van der Waals surface area contributed by atoms with Crippen molar-refractivity contribution in [3.63, 3.8) is 0 Å². The predicted octanol–water partition coefficient (Wildman–Crippen LogP) is 5.43. The molecule has 3 aromatic rings. The Morgan fingerprint density at radius 2 is 1.32 bits per heavy atom. The van der Waals surface area contributed by atoms with E-state index in [1.54, 1.807) is 0 Å². The second kappa shape index (κ2) is 9.57. The van der Waals surface area contributed by atoms with Crippen LogP contribution in [0.25, 0.3) is 11.1 Å². The number of carbonyl (C=O) groups excluding carboxylic acids is 1. The van der Waals surface area contributed by atoms with Crippen LogP contribution >= 0.6 is 0 Å². The summed E-state index contributed by atoms with van der Waals surface area (Å²) in [5.74, 6) is -0.481. The van der Waals surface area contributed by atoms with Crippen LogP contribution in [0, 0.1) is 0 Å². The Morgan fingerprint density at radius 3 is 1.92 bits per heavy atom. The van der Waals surface area contributed by atoms with Gasteiger partial charge in [0.05, 0.1) is 11.4 Å². The number of amides is 1. The molecule has 0 aromatic heterocycles. The zero-order valence-electron chi connectivity index (χ0n) is 13.7. The molecule has 0 atom stereocenters. The molecule has 0 spiro atoms. The van der Waals surface area contributed by atoms with Crippen molar-refractivity contribution in [2.45, 2.75) is 0 Å². The molecule has 4 heteroatoms. The quantitative estimate of drug-likeness (QED) is 0.503. The zero-order valence-corrected chi connectivity index (χ0v) is 13.7. The number of rotatable bonds is 4. The van der Waals surface area contributed by atoms with Crippen molar-refractivity contribution in [2.75, 3.05) is 0 Å². The van der Waals surface area contributed by atoms with Crippen molar-refractivity contribution >= 4 is 17.3 Å². The summed E-state index contributed by atoms with van der Waals surface area (Å²) in [5, 5.41) is 8.67. The first kappa shape index (κ1) is 17.8. The Kier molecular flexibility index (Phi) is 6.82. The van der Waals surface area contributed by atoms with Crippen LogP contribution in [0.2, 0.25) is 0 Å². The second-order valence-electron chi connectivity index (χ2n) is 5.03. The third-order valence-corrected chi connectivity index (χ3v) is 3.22. The second-order valence-corrected chi connectivity index (χ2v) is 5.03. The van der Waals surface area contributed by atoms with Crippen LogP contribution in [0.5, 0.6) is 0 Å². The van der Waals surface area contributed by atoms with E-state index in [1.807, 2.05) is 66.7 Å². The smallest absolute Gasteiger partial charge is 0.240 e. The monoisotopic (exact) mass is 329 g/mol. The Hall–Kier alpha value is -3.53. The van der Waals surface area contributed by atoms with Gasteiger partial charge in [0.25, 0.3) is 0 Å². The minimum atomic E-state index is -0.481. The molecule has 0 aliphatic rings. The van der Waals surface area contributed by atoms with E-state index in [4.69, 9.17) is 0 Å². The third kappa shape index (κ3) is 5.88. The number of hydrogen-bond acceptors (Lipinski definition) is 3. The van der Waals surface area contributed by atoms with Crippen LogP contribution in [0.3, 0.4) is 0 Å². The van der Waals surface area contributed by atoms with E-state index in [0.717, 1.165) is 28.6 Å². The molecule has 0 aliphatic carbocycles. The normalized spacial score (nSPS) is 9.92. The molecule has 0 heterocycles. The number of hydrogen-bond donors (Lipinski definition) is 1. The van der Waals surface area contributed by atoms with Crippen molar-refractivity contribution in [1.82, 2.24) is 0 Å². The number of benzene rings is 3. The summed E-state index contributed by atoms with van der Waals surface area (Å²) in [4.78, 5) is 9.47. The van der Waals surface area contributed by atoms with Gasteiger partial charge in [-0.2, -0.15) is 5.11 Å². The Balaban J connectivity index is 0.000000399. The summed E-state index contributed by atoms with van der Waals surface area (Å²) in [6.07, 6.45) is 1.06. The van der Waals surface area contributed by atoms with Gasteiger partial charge in [-0.05, 0) is 29.8 Å². The third-order valence-electron chi connectivity index (χ3n) is 3.22. The predicted molar refractivity (Wildman–Crippen MR) is 102 cm³/mol. The highest BCUT2D eigenvalue weighted by atomic mass is 16.1. The summed E-state index contributed by atoms with van der Waals surface area (Å²) < 4.78 is 0. The Labute approximate surface area is 147 Å². The molecule has 0 radical (unpaired) electrons. The maximum absolute atomic E-state index is 9.47. The first-order valence-electron chi connectivity index (χ1n) is 7.74. The van der Waals surface area contributed by atoms with Crippen molar-refractivity contribution in [3.8, 4) is 11.1 Å². The van der Waals surface area contributed by atoms with Gasteiger partial charge in [0.15, 0.2) is 0 Å². The molecule has 0 bridgehead atoms. The van der Waals surface area contributed by atoms with Crippen molar-refractivity contribution in [1.29, 1.82) is 0 Å². The molecule has 0 fully saturated rings. The number of nitrogens with two attached hydrogens (primary N) is 1. The van der Waals surface area contributed by atoms with E-state index < -0.39 is 5.91 Å². The SMILES string of the molecule is C=CC(N)=O.c1ccc(N=Nc2ccccc2-c2ccccc2)cc1. The summed E-state index contributed by atoms with van der Waals surface area (Å²) >= 11 is 0. The molecule has 1 amide bonds. The Bertz CT molecular complexity index is 843. The van der Waals surface area contributed by atoms with E-state index in [-0.39, 0.29) is 0 Å². The van der Waals surface area contributed by atoms with Crippen LogP contribution in [0.4, 0.5) is 11.4 Å². The van der Waals surface area contributed by atoms with Gasteiger partial charge < -0.3 is 5.73 Å². The lowest BCUT2D eigenvalue weighted by atomic mass is 10.0. The summed E-state index contributed by atoms with van der Waals surface area (Å²) in [5.41, 5.74) is 8.51. The fraction of sp³-hybridized carbons (Fsp3) is 0. The molecule has 4 nitrogen and oxygen atoms in total. The highest BCUT2D eigenvalue weighted by Gasteiger charge is 2.02. The highest BCUT2D eigenvalue weighted by molar-refractivity contribution is 5.85. The molecule has 3 rings (SSSR count). The summed E-state index contributed by atoms with van der Waals surface area (Å²) in [6.45, 7) is 3.09. The Morgan fingerprint density at radius 1 is 0.800 bits per heavy atom. The molecular weight excluding hydrogens is 310 g/mol. The van der Waals surface area contributed by atoms with Crippen LogP contribution in [-0.2, 0) is 4.79 Å². The molecule has 25 heavy (non-hydrogen) atoms. The fourth-order valence-electron chi connectivity index (χ4n) is 2.03. The average Bonchev–Trinajstić information content (AvgIpc) is 2.68. The average molecular weight is 329 g/mol.